The van der Waals surface area contributed by atoms with Gasteiger partial charge in [-0.3, -0.25) is 0 Å². The van der Waals surface area contributed by atoms with Gasteiger partial charge in [0.2, 0.25) is 0 Å². The van der Waals surface area contributed by atoms with Gasteiger partial charge in [0.1, 0.15) is 22.3 Å². The molecule has 0 amide bonds. The molecule has 5 heterocycles. The van der Waals surface area contributed by atoms with E-state index in [1.165, 1.54) is 21.5 Å². The normalized spacial score (nSPS) is 12.4. The van der Waals surface area contributed by atoms with Crippen molar-refractivity contribution in [2.24, 2.45) is 0 Å². The Morgan fingerprint density at radius 3 is 1.15 bits per heavy atom. The quantitative estimate of drug-likeness (QED) is 0.180. The van der Waals surface area contributed by atoms with Gasteiger partial charge in [0.25, 0.3) is 0 Å². The molecule has 0 spiro atoms. The Balaban J connectivity index is 1.06. The monoisotopic (exact) mass is 753 g/mol. The van der Waals surface area contributed by atoms with Crippen LogP contribution in [0.1, 0.15) is 0 Å². The third-order valence-electron chi connectivity index (χ3n) is 12.6. The fourth-order valence-electron chi connectivity index (χ4n) is 10.2. The number of para-hydroxylation sites is 5. The summed E-state index contributed by atoms with van der Waals surface area (Å²) in [6.07, 6.45) is 0. The maximum atomic E-state index is 6.63. The van der Waals surface area contributed by atoms with Crippen LogP contribution in [0.5, 0.6) is 0 Å². The molecule has 9 aromatic carbocycles. The van der Waals surface area contributed by atoms with E-state index >= 15 is 0 Å². The van der Waals surface area contributed by atoms with Crippen molar-refractivity contribution < 1.29 is 8.83 Å². The van der Waals surface area contributed by atoms with Crippen molar-refractivity contribution in [3.63, 3.8) is 0 Å². The molecule has 0 bridgehead atoms. The summed E-state index contributed by atoms with van der Waals surface area (Å²) in [5.74, 6) is 0. The minimum Gasteiger partial charge on any atom is -0.455 e. The second kappa shape index (κ2) is 11.3. The number of fused-ring (bicyclic) bond motifs is 17. The summed E-state index contributed by atoms with van der Waals surface area (Å²) in [5.41, 5.74) is 13.8. The highest BCUT2D eigenvalue weighted by Crippen LogP contribution is 2.44. The minimum absolute atomic E-state index is 0.906. The molecule has 5 nitrogen and oxygen atoms in total. The second-order valence-corrected chi connectivity index (χ2v) is 15.6. The van der Waals surface area contributed by atoms with Crippen molar-refractivity contribution in [2.75, 3.05) is 0 Å². The van der Waals surface area contributed by atoms with Gasteiger partial charge in [-0.1, -0.05) is 91.0 Å². The summed E-state index contributed by atoms with van der Waals surface area (Å²) in [7, 11) is 0. The molecule has 0 atom stereocenters. The Labute approximate surface area is 335 Å². The lowest BCUT2D eigenvalue weighted by molar-refractivity contribution is 0.672. The smallest absolute Gasteiger partial charge is 0.145 e. The lowest BCUT2D eigenvalue weighted by Gasteiger charge is -2.10. The zero-order chi connectivity index (χ0) is 38.3. The molecule has 0 aliphatic carbocycles. The average Bonchev–Trinajstić information content (AvgIpc) is 4.09. The van der Waals surface area contributed by atoms with Crippen molar-refractivity contribution in [1.29, 1.82) is 0 Å². The molecule has 14 rings (SSSR count). The summed E-state index contributed by atoms with van der Waals surface area (Å²) >= 11 is 0. The van der Waals surface area contributed by atoms with E-state index in [0.29, 0.717) is 0 Å². The number of aromatic nitrogens is 3. The predicted molar refractivity (Wildman–Crippen MR) is 244 cm³/mol. The third kappa shape index (κ3) is 4.08. The molecule has 5 aromatic heterocycles. The first-order chi connectivity index (χ1) is 29.3. The minimum atomic E-state index is 0.906. The first kappa shape index (κ1) is 31.1. The Morgan fingerprint density at radius 2 is 0.644 bits per heavy atom. The fourth-order valence-corrected chi connectivity index (χ4v) is 10.2. The van der Waals surface area contributed by atoms with Crippen molar-refractivity contribution in [2.45, 2.75) is 0 Å². The van der Waals surface area contributed by atoms with Crippen LogP contribution in [0.3, 0.4) is 0 Å². The van der Waals surface area contributed by atoms with Crippen LogP contribution >= 0.6 is 0 Å². The second-order valence-electron chi connectivity index (χ2n) is 15.6. The molecule has 0 radical (unpaired) electrons. The number of nitrogens with zero attached hydrogens (tertiary/aromatic N) is 3. The summed E-state index contributed by atoms with van der Waals surface area (Å²) < 4.78 is 20.4. The van der Waals surface area contributed by atoms with Gasteiger partial charge in [-0.25, -0.2) is 0 Å². The molecule has 274 valence electrons. The van der Waals surface area contributed by atoms with Crippen LogP contribution in [0.4, 0.5) is 0 Å². The summed E-state index contributed by atoms with van der Waals surface area (Å²) in [5, 5.41) is 11.5. The van der Waals surface area contributed by atoms with Gasteiger partial charge in [0, 0.05) is 60.2 Å². The molecule has 0 N–H and O–H groups in total. The largest absolute Gasteiger partial charge is 0.455 e. The SMILES string of the molecule is c1ccc(-n2c3ccc(-n4c5ccccc5c5c6oc7ccccc7c6ccc54)cc3c3cc(-n4c5ccccc5c5c6oc7ccccc7c6ccc54)ccc32)cc1. The lowest BCUT2D eigenvalue weighted by Crippen LogP contribution is -1.96. The predicted octanol–water partition coefficient (Wildman–Crippen LogP) is 14.8. The molecular weight excluding hydrogens is 723 g/mol. The zero-order valence-electron chi connectivity index (χ0n) is 31.6. The maximum Gasteiger partial charge on any atom is 0.145 e. The number of hydrogen-bond acceptors (Lipinski definition) is 2. The van der Waals surface area contributed by atoms with E-state index in [0.717, 1.165) is 105 Å². The van der Waals surface area contributed by atoms with E-state index in [2.05, 4.69) is 190 Å². The Hall–Kier alpha value is -8.02. The highest BCUT2D eigenvalue weighted by Gasteiger charge is 2.22. The van der Waals surface area contributed by atoms with Crippen LogP contribution in [-0.4, -0.2) is 13.7 Å². The molecular formula is C54H31N3O2. The number of rotatable bonds is 3. The molecule has 0 saturated heterocycles. The number of furan rings is 2. The van der Waals surface area contributed by atoms with E-state index in [4.69, 9.17) is 8.83 Å². The highest BCUT2D eigenvalue weighted by atomic mass is 16.3. The fraction of sp³-hybridized carbons (Fsp3) is 0. The molecule has 59 heavy (non-hydrogen) atoms. The van der Waals surface area contributed by atoms with Gasteiger partial charge < -0.3 is 22.5 Å². The van der Waals surface area contributed by atoms with Gasteiger partial charge in [-0.2, -0.15) is 0 Å². The van der Waals surface area contributed by atoms with Crippen LogP contribution in [0, 0.1) is 0 Å². The number of hydrogen-bond donors (Lipinski definition) is 0. The van der Waals surface area contributed by atoms with Crippen molar-refractivity contribution in [3.8, 4) is 17.1 Å². The lowest BCUT2D eigenvalue weighted by atomic mass is 10.1. The Morgan fingerprint density at radius 1 is 0.254 bits per heavy atom. The van der Waals surface area contributed by atoms with Gasteiger partial charge in [0.15, 0.2) is 0 Å². The standard InChI is InChI=1S/C54H31N3O2/c1-2-12-32(13-3-1)55-45-26-22-33(56-43-18-8-4-16-39(43)51-47(56)28-24-37-35-14-6-10-20-49(35)58-53(37)51)30-41(45)42-31-34(23-27-46(42)55)57-44-19-9-5-17-40(44)52-48(57)29-25-38-36-15-7-11-21-50(36)59-54(38)52/h1-31H. The first-order valence-electron chi connectivity index (χ1n) is 20.1. The molecule has 0 fully saturated rings. The Kier molecular flexibility index (Phi) is 5.96. The van der Waals surface area contributed by atoms with E-state index < -0.39 is 0 Å². The zero-order valence-corrected chi connectivity index (χ0v) is 31.6. The van der Waals surface area contributed by atoms with E-state index in [1.54, 1.807) is 0 Å². The van der Waals surface area contributed by atoms with Crippen molar-refractivity contribution in [3.05, 3.63) is 188 Å². The molecule has 14 aromatic rings. The molecule has 5 heteroatoms. The molecule has 0 aliphatic rings. The van der Waals surface area contributed by atoms with E-state index in [9.17, 15) is 0 Å². The summed E-state index contributed by atoms with van der Waals surface area (Å²) in [6.45, 7) is 0. The van der Waals surface area contributed by atoms with Gasteiger partial charge in [0.05, 0.1) is 43.9 Å². The highest BCUT2D eigenvalue weighted by molar-refractivity contribution is 6.25. The van der Waals surface area contributed by atoms with Gasteiger partial charge in [-0.15, -0.1) is 0 Å². The van der Waals surface area contributed by atoms with Crippen LogP contribution in [0.25, 0.3) is 126 Å². The topological polar surface area (TPSA) is 41.1 Å². The maximum absolute atomic E-state index is 6.63. The first-order valence-corrected chi connectivity index (χ1v) is 20.1. The van der Waals surface area contributed by atoms with E-state index in [-0.39, 0.29) is 0 Å². The van der Waals surface area contributed by atoms with Crippen LogP contribution in [0.2, 0.25) is 0 Å². The third-order valence-corrected chi connectivity index (χ3v) is 12.6. The molecule has 0 aliphatic heterocycles. The number of benzene rings is 9. The molecule has 0 unspecified atom stereocenters. The van der Waals surface area contributed by atoms with Gasteiger partial charge >= 0.3 is 0 Å². The summed E-state index contributed by atoms with van der Waals surface area (Å²) in [4.78, 5) is 0. The summed E-state index contributed by atoms with van der Waals surface area (Å²) in [6, 6.07) is 67.6. The Bertz CT molecular complexity index is 3830. The van der Waals surface area contributed by atoms with Crippen LogP contribution in [-0.2, 0) is 0 Å². The molecule has 0 saturated carbocycles. The van der Waals surface area contributed by atoms with Crippen molar-refractivity contribution >= 4 is 109 Å². The average molecular weight is 754 g/mol. The van der Waals surface area contributed by atoms with Crippen LogP contribution < -0.4 is 0 Å². The van der Waals surface area contributed by atoms with Crippen molar-refractivity contribution in [1.82, 2.24) is 13.7 Å². The van der Waals surface area contributed by atoms with E-state index in [1.807, 2.05) is 12.1 Å². The van der Waals surface area contributed by atoms with Gasteiger partial charge in [-0.05, 0) is 97.1 Å². The van der Waals surface area contributed by atoms with Crippen LogP contribution in [0.15, 0.2) is 197 Å².